The van der Waals surface area contributed by atoms with Crippen molar-refractivity contribution >= 4 is 15.9 Å². The van der Waals surface area contributed by atoms with Crippen molar-refractivity contribution in [3.8, 4) is 0 Å². The van der Waals surface area contributed by atoms with E-state index in [0.717, 1.165) is 29.8 Å². The smallest absolute Gasteiger partial charge is 0.0739 e. The molecule has 2 rings (SSSR count). The summed E-state index contributed by atoms with van der Waals surface area (Å²) in [6, 6.07) is 0.735. The summed E-state index contributed by atoms with van der Waals surface area (Å²) in [5, 5.41) is 4.58. The summed E-state index contributed by atoms with van der Waals surface area (Å²) in [5.74, 6) is 0. The summed E-state index contributed by atoms with van der Waals surface area (Å²) >= 11 is 3.68. The Labute approximate surface area is 124 Å². The number of nitrogens with two attached hydrogens (primary N) is 1. The molecule has 19 heavy (non-hydrogen) atoms. The Balaban J connectivity index is 2.19. The van der Waals surface area contributed by atoms with Crippen LogP contribution in [-0.2, 0) is 13.1 Å². The zero-order valence-electron chi connectivity index (χ0n) is 12.2. The van der Waals surface area contributed by atoms with Crippen molar-refractivity contribution in [3.05, 3.63) is 15.9 Å². The summed E-state index contributed by atoms with van der Waals surface area (Å²) in [4.78, 5) is 2.53. The quantitative estimate of drug-likeness (QED) is 0.924. The first-order chi connectivity index (χ1) is 9.04. The lowest BCUT2D eigenvalue weighted by atomic mass is 9.97. The molecule has 2 atom stereocenters. The van der Waals surface area contributed by atoms with Crippen LogP contribution in [0, 0.1) is 6.92 Å². The summed E-state index contributed by atoms with van der Waals surface area (Å²) in [7, 11) is 0. The number of halogens is 1. The van der Waals surface area contributed by atoms with Gasteiger partial charge in [0.1, 0.15) is 0 Å². The van der Waals surface area contributed by atoms with Gasteiger partial charge in [0.05, 0.1) is 15.9 Å². The van der Waals surface area contributed by atoms with Gasteiger partial charge in [-0.05, 0) is 56.1 Å². The van der Waals surface area contributed by atoms with Crippen LogP contribution in [0.15, 0.2) is 4.47 Å². The van der Waals surface area contributed by atoms with E-state index in [-0.39, 0.29) is 6.04 Å². The molecule has 4 nitrogen and oxygen atoms in total. The van der Waals surface area contributed by atoms with Crippen LogP contribution in [0.4, 0.5) is 0 Å². The number of nitrogens with zero attached hydrogens (tertiary/aromatic N) is 3. The minimum absolute atomic E-state index is 0.234. The molecule has 1 aliphatic heterocycles. The third kappa shape index (κ3) is 3.20. The molecule has 0 spiro atoms. The van der Waals surface area contributed by atoms with Crippen molar-refractivity contribution in [2.24, 2.45) is 5.73 Å². The molecule has 0 amide bonds. The summed E-state index contributed by atoms with van der Waals surface area (Å²) in [5.41, 5.74) is 8.51. The predicted octanol–water partition coefficient (Wildman–Crippen LogP) is 2.68. The molecule has 2 N–H and O–H groups in total. The van der Waals surface area contributed by atoms with Crippen LogP contribution >= 0.6 is 15.9 Å². The minimum Gasteiger partial charge on any atom is -0.327 e. The van der Waals surface area contributed by atoms with Crippen molar-refractivity contribution in [2.75, 3.05) is 6.54 Å². The monoisotopic (exact) mass is 328 g/mol. The van der Waals surface area contributed by atoms with Crippen molar-refractivity contribution in [1.82, 2.24) is 14.7 Å². The lowest BCUT2D eigenvalue weighted by Gasteiger charge is -2.38. The van der Waals surface area contributed by atoms with Crippen LogP contribution in [-0.4, -0.2) is 33.3 Å². The molecule has 0 aliphatic carbocycles. The van der Waals surface area contributed by atoms with Gasteiger partial charge in [0.15, 0.2) is 0 Å². The maximum absolute atomic E-state index is 6.15. The largest absolute Gasteiger partial charge is 0.327 e. The van der Waals surface area contributed by atoms with Gasteiger partial charge in [0.25, 0.3) is 0 Å². The third-order valence-corrected chi connectivity index (χ3v) is 5.11. The maximum atomic E-state index is 6.15. The molecule has 0 aromatic carbocycles. The second-order valence-electron chi connectivity index (χ2n) is 5.55. The standard InChI is InChI=1S/C14H25BrN4/c1-4-19-13(14(15)11(3)17-19)9-18-8-6-5-7-12(18)10(2)16/h10,12H,4-9,16H2,1-3H3. The highest BCUT2D eigenvalue weighted by molar-refractivity contribution is 9.10. The summed E-state index contributed by atoms with van der Waals surface area (Å²) in [6.07, 6.45) is 3.80. The van der Waals surface area contributed by atoms with E-state index in [0.29, 0.717) is 6.04 Å². The lowest BCUT2D eigenvalue weighted by Crippen LogP contribution is -2.48. The SMILES string of the molecule is CCn1nc(C)c(Br)c1CN1CCCCC1C(C)N. The van der Waals surface area contributed by atoms with E-state index in [4.69, 9.17) is 5.73 Å². The highest BCUT2D eigenvalue weighted by atomic mass is 79.9. The molecule has 108 valence electrons. The second-order valence-corrected chi connectivity index (χ2v) is 6.35. The molecule has 1 fully saturated rings. The van der Waals surface area contributed by atoms with Crippen molar-refractivity contribution in [2.45, 2.75) is 65.2 Å². The minimum atomic E-state index is 0.234. The number of aromatic nitrogens is 2. The molecule has 5 heteroatoms. The van der Waals surface area contributed by atoms with Gasteiger partial charge in [0, 0.05) is 25.2 Å². The number of hydrogen-bond donors (Lipinski definition) is 1. The van der Waals surface area contributed by atoms with Gasteiger partial charge in [0.2, 0.25) is 0 Å². The second kappa shape index (κ2) is 6.37. The first kappa shape index (κ1) is 15.0. The Kier molecular flexibility index (Phi) is 5.03. The Morgan fingerprint density at radius 1 is 1.47 bits per heavy atom. The normalized spacial score (nSPS) is 22.7. The van der Waals surface area contributed by atoms with E-state index in [9.17, 15) is 0 Å². The molecule has 1 aliphatic rings. The van der Waals surface area contributed by atoms with Crippen molar-refractivity contribution < 1.29 is 0 Å². The van der Waals surface area contributed by atoms with Crippen LogP contribution in [0.1, 0.15) is 44.5 Å². The van der Waals surface area contributed by atoms with Crippen LogP contribution in [0.5, 0.6) is 0 Å². The Morgan fingerprint density at radius 2 is 2.21 bits per heavy atom. The van der Waals surface area contributed by atoms with Crippen LogP contribution < -0.4 is 5.73 Å². The first-order valence-corrected chi connectivity index (χ1v) is 8.05. The first-order valence-electron chi connectivity index (χ1n) is 7.26. The molecule has 2 unspecified atom stereocenters. The molecule has 0 saturated carbocycles. The van der Waals surface area contributed by atoms with Gasteiger partial charge in [-0.1, -0.05) is 6.42 Å². The van der Waals surface area contributed by atoms with Gasteiger partial charge in [-0.15, -0.1) is 0 Å². The van der Waals surface area contributed by atoms with E-state index in [1.54, 1.807) is 0 Å². The lowest BCUT2D eigenvalue weighted by molar-refractivity contribution is 0.119. The molecule has 0 radical (unpaired) electrons. The van der Waals surface area contributed by atoms with Crippen molar-refractivity contribution in [3.63, 3.8) is 0 Å². The molecular formula is C14H25BrN4. The molecule has 0 bridgehead atoms. The topological polar surface area (TPSA) is 47.1 Å². The number of piperidine rings is 1. The number of rotatable bonds is 4. The fourth-order valence-electron chi connectivity index (χ4n) is 3.02. The van der Waals surface area contributed by atoms with Gasteiger partial charge in [-0.25, -0.2) is 0 Å². The fraction of sp³-hybridized carbons (Fsp3) is 0.786. The molecule has 1 saturated heterocycles. The highest BCUT2D eigenvalue weighted by Crippen LogP contribution is 2.26. The van der Waals surface area contributed by atoms with E-state index < -0.39 is 0 Å². The molecule has 2 heterocycles. The Bertz CT molecular complexity index is 427. The molecular weight excluding hydrogens is 304 g/mol. The van der Waals surface area contributed by atoms with Gasteiger partial charge in [-0.3, -0.25) is 9.58 Å². The van der Waals surface area contributed by atoms with E-state index in [1.807, 2.05) is 0 Å². The van der Waals surface area contributed by atoms with Gasteiger partial charge >= 0.3 is 0 Å². The summed E-state index contributed by atoms with van der Waals surface area (Å²) < 4.78 is 3.26. The maximum Gasteiger partial charge on any atom is 0.0739 e. The van der Waals surface area contributed by atoms with Crippen LogP contribution in [0.3, 0.4) is 0 Å². The molecule has 1 aromatic rings. The number of hydrogen-bond acceptors (Lipinski definition) is 3. The summed E-state index contributed by atoms with van der Waals surface area (Å²) in [6.45, 7) is 9.33. The number of aryl methyl sites for hydroxylation is 2. The third-order valence-electron chi connectivity index (χ3n) is 4.08. The molecule has 1 aromatic heterocycles. The van der Waals surface area contributed by atoms with E-state index in [2.05, 4.69) is 51.4 Å². The van der Waals surface area contributed by atoms with Crippen molar-refractivity contribution in [1.29, 1.82) is 0 Å². The zero-order chi connectivity index (χ0) is 14.0. The average Bonchev–Trinajstić information content (AvgIpc) is 2.67. The van der Waals surface area contributed by atoms with Crippen LogP contribution in [0.25, 0.3) is 0 Å². The Morgan fingerprint density at radius 3 is 2.84 bits per heavy atom. The zero-order valence-corrected chi connectivity index (χ0v) is 13.8. The van der Waals surface area contributed by atoms with Crippen LogP contribution in [0.2, 0.25) is 0 Å². The van der Waals surface area contributed by atoms with E-state index >= 15 is 0 Å². The van der Waals surface area contributed by atoms with E-state index in [1.165, 1.54) is 25.0 Å². The Hall–Kier alpha value is -0.390. The van der Waals surface area contributed by atoms with Gasteiger partial charge in [-0.2, -0.15) is 5.10 Å². The average molecular weight is 329 g/mol. The number of likely N-dealkylation sites (tertiary alicyclic amines) is 1. The predicted molar refractivity (Wildman–Crippen MR) is 82.0 cm³/mol. The van der Waals surface area contributed by atoms with Gasteiger partial charge < -0.3 is 5.73 Å². The fourth-order valence-corrected chi connectivity index (χ4v) is 3.43. The highest BCUT2D eigenvalue weighted by Gasteiger charge is 2.27.